The Hall–Kier alpha value is -0.610. The van der Waals surface area contributed by atoms with Gasteiger partial charge in [0.2, 0.25) is 5.91 Å². The summed E-state index contributed by atoms with van der Waals surface area (Å²) in [6.07, 6.45) is 2.58. The van der Waals surface area contributed by atoms with E-state index in [9.17, 15) is 4.79 Å². The highest BCUT2D eigenvalue weighted by Gasteiger charge is 2.24. The molecule has 94 valence electrons. The molecule has 0 aliphatic carbocycles. The van der Waals surface area contributed by atoms with Crippen molar-refractivity contribution in [1.82, 2.24) is 10.2 Å². The Kier molecular flexibility index (Phi) is 4.74. The second-order valence-corrected chi connectivity index (χ2v) is 5.59. The predicted octanol–water partition coefficient (Wildman–Crippen LogP) is 0.714. The maximum atomic E-state index is 11.6. The van der Waals surface area contributed by atoms with E-state index in [1.165, 1.54) is 0 Å². The minimum atomic E-state index is 0.161. The van der Waals surface area contributed by atoms with Crippen molar-refractivity contribution in [1.29, 1.82) is 0 Å². The van der Waals surface area contributed by atoms with Crippen molar-refractivity contribution in [2.24, 2.45) is 5.73 Å². The van der Waals surface area contributed by atoms with E-state index in [1.807, 2.05) is 4.90 Å². The van der Waals surface area contributed by atoms with Crippen LogP contribution < -0.4 is 11.1 Å². The zero-order valence-corrected chi connectivity index (χ0v) is 10.8. The molecule has 1 aliphatic rings. The fourth-order valence-electron chi connectivity index (χ4n) is 2.17. The van der Waals surface area contributed by atoms with E-state index in [2.05, 4.69) is 26.1 Å². The van der Waals surface area contributed by atoms with Crippen molar-refractivity contribution < 1.29 is 4.79 Å². The minimum Gasteiger partial charge on any atom is -0.343 e. The standard InChI is InChI=1S/C12H25N3O/c1-12(2,3)14-10-5-8-15(9-6-10)11(16)4-7-13/h10,14H,4-9,13H2,1-3H3. The average molecular weight is 227 g/mol. The van der Waals surface area contributed by atoms with E-state index in [0.717, 1.165) is 25.9 Å². The van der Waals surface area contributed by atoms with Crippen LogP contribution in [-0.4, -0.2) is 42.0 Å². The van der Waals surface area contributed by atoms with E-state index in [4.69, 9.17) is 5.73 Å². The molecule has 0 spiro atoms. The molecule has 0 aromatic heterocycles. The van der Waals surface area contributed by atoms with Gasteiger partial charge < -0.3 is 16.0 Å². The molecular formula is C12H25N3O. The van der Waals surface area contributed by atoms with Gasteiger partial charge in [0.1, 0.15) is 0 Å². The Balaban J connectivity index is 2.31. The SMILES string of the molecule is CC(C)(C)NC1CCN(C(=O)CCN)CC1. The third kappa shape index (κ3) is 4.49. The fraction of sp³-hybridized carbons (Fsp3) is 0.917. The number of nitrogens with zero attached hydrogens (tertiary/aromatic N) is 1. The Morgan fingerprint density at radius 3 is 2.38 bits per heavy atom. The maximum absolute atomic E-state index is 11.6. The summed E-state index contributed by atoms with van der Waals surface area (Å²) in [6.45, 7) is 8.73. The van der Waals surface area contributed by atoms with Crippen LogP contribution in [0.3, 0.4) is 0 Å². The Morgan fingerprint density at radius 2 is 1.94 bits per heavy atom. The van der Waals surface area contributed by atoms with Gasteiger partial charge in [-0.05, 0) is 33.6 Å². The van der Waals surface area contributed by atoms with Crippen LogP contribution >= 0.6 is 0 Å². The van der Waals surface area contributed by atoms with E-state index in [-0.39, 0.29) is 11.4 Å². The van der Waals surface area contributed by atoms with Crippen molar-refractivity contribution in [2.45, 2.75) is 51.6 Å². The van der Waals surface area contributed by atoms with Crippen LogP contribution in [0.5, 0.6) is 0 Å². The largest absolute Gasteiger partial charge is 0.343 e. The summed E-state index contributed by atoms with van der Waals surface area (Å²) in [6, 6.07) is 0.543. The molecule has 0 atom stereocenters. The third-order valence-corrected chi connectivity index (χ3v) is 2.84. The lowest BCUT2D eigenvalue weighted by Gasteiger charge is -2.36. The maximum Gasteiger partial charge on any atom is 0.223 e. The number of carbonyl (C=O) groups is 1. The molecule has 1 aliphatic heterocycles. The summed E-state index contributed by atoms with van der Waals surface area (Å²) in [5.74, 6) is 0.205. The van der Waals surface area contributed by atoms with E-state index < -0.39 is 0 Å². The quantitative estimate of drug-likeness (QED) is 0.747. The Morgan fingerprint density at radius 1 is 1.38 bits per heavy atom. The number of piperidine rings is 1. The normalized spacial score (nSPS) is 18.9. The van der Waals surface area contributed by atoms with Crippen molar-refractivity contribution >= 4 is 5.91 Å². The molecule has 0 aromatic carbocycles. The van der Waals surface area contributed by atoms with Gasteiger partial charge in [0.05, 0.1) is 0 Å². The highest BCUT2D eigenvalue weighted by Crippen LogP contribution is 2.14. The Bertz CT molecular complexity index is 227. The first kappa shape index (κ1) is 13.5. The van der Waals surface area contributed by atoms with Crippen LogP contribution in [0.2, 0.25) is 0 Å². The van der Waals surface area contributed by atoms with E-state index in [0.29, 0.717) is 19.0 Å². The lowest BCUT2D eigenvalue weighted by molar-refractivity contribution is -0.132. The van der Waals surface area contributed by atoms with Crippen LogP contribution in [-0.2, 0) is 4.79 Å². The number of nitrogens with one attached hydrogen (secondary N) is 1. The van der Waals surface area contributed by atoms with Crippen molar-refractivity contribution in [3.05, 3.63) is 0 Å². The summed E-state index contributed by atoms with van der Waals surface area (Å²) in [5, 5.41) is 3.59. The third-order valence-electron chi connectivity index (χ3n) is 2.84. The molecule has 4 heteroatoms. The molecule has 1 amide bonds. The highest BCUT2D eigenvalue weighted by molar-refractivity contribution is 5.76. The van der Waals surface area contributed by atoms with Gasteiger partial charge in [-0.1, -0.05) is 0 Å². The molecule has 0 radical (unpaired) electrons. The molecule has 1 heterocycles. The lowest BCUT2D eigenvalue weighted by atomic mass is 10.00. The summed E-state index contributed by atoms with van der Waals surface area (Å²) in [4.78, 5) is 13.6. The number of likely N-dealkylation sites (tertiary alicyclic amines) is 1. The van der Waals surface area contributed by atoms with Gasteiger partial charge in [-0.2, -0.15) is 0 Å². The molecule has 16 heavy (non-hydrogen) atoms. The first-order valence-electron chi connectivity index (χ1n) is 6.18. The number of amides is 1. The summed E-state index contributed by atoms with van der Waals surface area (Å²) in [5.41, 5.74) is 5.55. The minimum absolute atomic E-state index is 0.161. The van der Waals surface area contributed by atoms with Crippen LogP contribution in [0.15, 0.2) is 0 Å². The van der Waals surface area contributed by atoms with Crippen molar-refractivity contribution in [3.63, 3.8) is 0 Å². The number of carbonyl (C=O) groups excluding carboxylic acids is 1. The number of hydrogen-bond acceptors (Lipinski definition) is 3. The zero-order chi connectivity index (χ0) is 12.2. The van der Waals surface area contributed by atoms with Crippen LogP contribution in [0.1, 0.15) is 40.0 Å². The van der Waals surface area contributed by atoms with Gasteiger partial charge >= 0.3 is 0 Å². The second-order valence-electron chi connectivity index (χ2n) is 5.59. The number of nitrogens with two attached hydrogens (primary N) is 1. The molecule has 4 nitrogen and oxygen atoms in total. The van der Waals surface area contributed by atoms with Gasteiger partial charge in [-0.3, -0.25) is 4.79 Å². The van der Waals surface area contributed by atoms with Crippen LogP contribution in [0.4, 0.5) is 0 Å². The number of hydrogen-bond donors (Lipinski definition) is 2. The molecule has 0 bridgehead atoms. The topological polar surface area (TPSA) is 58.4 Å². The molecule has 3 N–H and O–H groups in total. The summed E-state index contributed by atoms with van der Waals surface area (Å²) in [7, 11) is 0. The monoisotopic (exact) mass is 227 g/mol. The van der Waals surface area contributed by atoms with Crippen molar-refractivity contribution in [2.75, 3.05) is 19.6 Å². The molecule has 1 rings (SSSR count). The molecule has 1 fully saturated rings. The van der Waals surface area contributed by atoms with E-state index >= 15 is 0 Å². The van der Waals surface area contributed by atoms with E-state index in [1.54, 1.807) is 0 Å². The van der Waals surface area contributed by atoms with Crippen LogP contribution in [0.25, 0.3) is 0 Å². The van der Waals surface area contributed by atoms with Gasteiger partial charge in [0.25, 0.3) is 0 Å². The van der Waals surface area contributed by atoms with Gasteiger partial charge in [-0.25, -0.2) is 0 Å². The second kappa shape index (κ2) is 5.64. The number of rotatable bonds is 3. The zero-order valence-electron chi connectivity index (χ0n) is 10.8. The molecule has 0 aromatic rings. The molecular weight excluding hydrogens is 202 g/mol. The van der Waals surface area contributed by atoms with Gasteiger partial charge in [-0.15, -0.1) is 0 Å². The smallest absolute Gasteiger partial charge is 0.223 e. The van der Waals surface area contributed by atoms with Gasteiger partial charge in [0, 0.05) is 37.6 Å². The lowest BCUT2D eigenvalue weighted by Crippen LogP contribution is -2.50. The Labute approximate surface area is 98.6 Å². The first-order valence-corrected chi connectivity index (χ1v) is 6.18. The molecule has 1 saturated heterocycles. The highest BCUT2D eigenvalue weighted by atomic mass is 16.2. The fourth-order valence-corrected chi connectivity index (χ4v) is 2.17. The summed E-state index contributed by atoms with van der Waals surface area (Å²) >= 11 is 0. The molecule has 0 saturated carbocycles. The first-order chi connectivity index (χ1) is 7.42. The van der Waals surface area contributed by atoms with Gasteiger partial charge in [0.15, 0.2) is 0 Å². The predicted molar refractivity (Wildman–Crippen MR) is 66.2 cm³/mol. The molecule has 0 unspecified atom stereocenters. The summed E-state index contributed by atoms with van der Waals surface area (Å²) < 4.78 is 0. The average Bonchev–Trinajstić information content (AvgIpc) is 2.16. The van der Waals surface area contributed by atoms with Crippen LogP contribution in [0, 0.1) is 0 Å². The van der Waals surface area contributed by atoms with Crippen molar-refractivity contribution in [3.8, 4) is 0 Å².